The van der Waals surface area contributed by atoms with Gasteiger partial charge in [-0.3, -0.25) is 0 Å². The molecule has 0 aliphatic heterocycles. The minimum absolute atomic E-state index is 0.0116. The van der Waals surface area contributed by atoms with Gasteiger partial charge in [-0.25, -0.2) is 0 Å². The minimum Gasteiger partial charge on any atom is -0.494 e. The Kier molecular flexibility index (Phi) is 3.28. The summed E-state index contributed by atoms with van der Waals surface area (Å²) in [7, 11) is 0. The number of H-pyrrole nitrogens is 2. The lowest BCUT2D eigenvalue weighted by Crippen LogP contribution is -1.77. The maximum atomic E-state index is 11.4. The molecule has 0 aliphatic carbocycles. The first kappa shape index (κ1) is 14.5. The topological polar surface area (TPSA) is 81.2 Å². The number of para-hydroxylation sites is 1. The number of halogens is 2. The van der Waals surface area contributed by atoms with Crippen molar-refractivity contribution in [2.45, 2.75) is 0 Å². The molecule has 3 N–H and O–H groups in total. The summed E-state index contributed by atoms with van der Waals surface area (Å²) in [6.45, 7) is 0. The fourth-order valence-corrected chi connectivity index (χ4v) is 3.68. The molecule has 5 nitrogen and oxygen atoms in total. The number of nitrogens with one attached hydrogen (secondary N) is 2. The van der Waals surface area contributed by atoms with Crippen LogP contribution in [0.15, 0.2) is 50.5 Å². The van der Waals surface area contributed by atoms with Gasteiger partial charge in [0.25, 0.3) is 0 Å². The van der Waals surface area contributed by atoms with Crippen LogP contribution in [-0.2, 0) is 0 Å². The van der Waals surface area contributed by atoms with Crippen molar-refractivity contribution in [1.29, 1.82) is 0 Å². The number of nitroso groups, excluding NO2 is 1. The van der Waals surface area contributed by atoms with E-state index in [1.807, 2.05) is 36.4 Å². The molecule has 2 aromatic carbocycles. The van der Waals surface area contributed by atoms with Crippen LogP contribution < -0.4 is 0 Å². The van der Waals surface area contributed by atoms with Crippen molar-refractivity contribution in [3.8, 4) is 17.1 Å². The van der Waals surface area contributed by atoms with Gasteiger partial charge in [0, 0.05) is 25.2 Å². The molecule has 4 rings (SSSR count). The molecule has 0 bridgehead atoms. The summed E-state index contributed by atoms with van der Waals surface area (Å²) in [6.07, 6.45) is 0. The quantitative estimate of drug-likeness (QED) is 0.341. The molecule has 2 aromatic heterocycles. The zero-order valence-corrected chi connectivity index (χ0v) is 14.7. The van der Waals surface area contributed by atoms with E-state index in [0.29, 0.717) is 16.6 Å². The van der Waals surface area contributed by atoms with E-state index in [1.165, 1.54) is 0 Å². The summed E-state index contributed by atoms with van der Waals surface area (Å²) in [6, 6.07) is 11.2. The minimum atomic E-state index is -0.0116. The van der Waals surface area contributed by atoms with Crippen LogP contribution in [0.5, 0.6) is 5.88 Å². The van der Waals surface area contributed by atoms with Crippen molar-refractivity contribution >= 4 is 59.4 Å². The van der Waals surface area contributed by atoms with Crippen LogP contribution >= 0.6 is 31.9 Å². The van der Waals surface area contributed by atoms with Gasteiger partial charge in [0.05, 0.1) is 16.8 Å². The summed E-state index contributed by atoms with van der Waals surface area (Å²) < 4.78 is 1.72. The lowest BCUT2D eigenvalue weighted by Gasteiger charge is -1.99. The fraction of sp³-hybridized carbons (Fsp3) is 0. The largest absolute Gasteiger partial charge is 0.494 e. The molecule has 0 fully saturated rings. The number of aromatic amines is 2. The number of aromatic nitrogens is 2. The third kappa shape index (κ3) is 2.11. The second-order valence-electron chi connectivity index (χ2n) is 5.14. The molecular weight excluding hydrogens is 426 g/mol. The molecule has 0 saturated heterocycles. The van der Waals surface area contributed by atoms with E-state index in [0.717, 1.165) is 25.4 Å². The van der Waals surface area contributed by atoms with Crippen LogP contribution in [0.4, 0.5) is 5.69 Å². The Hall–Kier alpha value is -2.12. The molecule has 114 valence electrons. The molecule has 0 aliphatic rings. The Morgan fingerprint density at radius 1 is 1.04 bits per heavy atom. The monoisotopic (exact) mass is 433 g/mol. The summed E-state index contributed by atoms with van der Waals surface area (Å²) >= 11 is 6.86. The van der Waals surface area contributed by atoms with Gasteiger partial charge in [-0.2, -0.15) is 0 Å². The number of hydrogen-bond acceptors (Lipinski definition) is 3. The number of hydrogen-bond donors (Lipinski definition) is 3. The molecule has 7 heteroatoms. The van der Waals surface area contributed by atoms with Gasteiger partial charge in [-0.1, -0.05) is 28.1 Å². The molecule has 4 aromatic rings. The average molecular weight is 435 g/mol. The number of benzene rings is 2. The highest BCUT2D eigenvalue weighted by Gasteiger charge is 2.21. The highest BCUT2D eigenvalue weighted by atomic mass is 79.9. The maximum Gasteiger partial charge on any atom is 0.199 e. The van der Waals surface area contributed by atoms with E-state index in [9.17, 15) is 10.0 Å². The van der Waals surface area contributed by atoms with Crippen molar-refractivity contribution in [2.75, 3.05) is 0 Å². The second kappa shape index (κ2) is 5.21. The first-order valence-electron chi connectivity index (χ1n) is 6.74. The van der Waals surface area contributed by atoms with Gasteiger partial charge in [0.15, 0.2) is 5.88 Å². The third-order valence-corrected chi connectivity index (χ3v) is 4.99. The van der Waals surface area contributed by atoms with Crippen LogP contribution in [0.25, 0.3) is 33.1 Å². The van der Waals surface area contributed by atoms with Crippen LogP contribution in [0.1, 0.15) is 0 Å². The van der Waals surface area contributed by atoms with E-state index >= 15 is 0 Å². The van der Waals surface area contributed by atoms with E-state index in [4.69, 9.17) is 0 Å². The van der Waals surface area contributed by atoms with E-state index in [2.05, 4.69) is 47.0 Å². The Morgan fingerprint density at radius 3 is 2.65 bits per heavy atom. The lowest BCUT2D eigenvalue weighted by atomic mass is 10.1. The van der Waals surface area contributed by atoms with Crippen molar-refractivity contribution in [3.63, 3.8) is 0 Å². The zero-order chi connectivity index (χ0) is 16.1. The molecule has 0 saturated carbocycles. The normalized spacial score (nSPS) is 11.4. The molecule has 2 heterocycles. The summed E-state index contributed by atoms with van der Waals surface area (Å²) in [4.78, 5) is 17.5. The number of rotatable bonds is 2. The third-order valence-electron chi connectivity index (χ3n) is 3.84. The van der Waals surface area contributed by atoms with Gasteiger partial charge in [-0.05, 0) is 45.4 Å². The van der Waals surface area contributed by atoms with E-state index < -0.39 is 0 Å². The number of fused-ring (bicyclic) bond motifs is 2. The van der Waals surface area contributed by atoms with Crippen LogP contribution in [0, 0.1) is 4.91 Å². The summed E-state index contributed by atoms with van der Waals surface area (Å²) in [5.41, 5.74) is 2.84. The highest BCUT2D eigenvalue weighted by molar-refractivity contribution is 9.11. The smallest absolute Gasteiger partial charge is 0.199 e. The SMILES string of the molecule is O=Nc1c(-c2c(O)[nH]c3c(Br)cccc23)[nH]c2cc(Br)ccc12. The van der Waals surface area contributed by atoms with Crippen LogP contribution in [0.2, 0.25) is 0 Å². The molecule has 0 unspecified atom stereocenters. The van der Waals surface area contributed by atoms with Gasteiger partial charge >= 0.3 is 0 Å². The molecule has 0 atom stereocenters. The Labute approximate surface area is 146 Å². The number of aromatic hydroxyl groups is 1. The van der Waals surface area contributed by atoms with Gasteiger partial charge in [0.1, 0.15) is 5.69 Å². The molecular formula is C16H9Br2N3O2. The number of nitrogens with zero attached hydrogens (tertiary/aromatic N) is 1. The molecule has 0 radical (unpaired) electrons. The fourth-order valence-electron chi connectivity index (χ4n) is 2.85. The standard InChI is InChI=1S/C16H9Br2N3O2/c17-7-4-5-8-11(6-7)19-15(14(8)21-23)12-9-2-1-3-10(18)13(9)20-16(12)22/h1-6,19-20,22H. The average Bonchev–Trinajstić information content (AvgIpc) is 3.04. The first-order chi connectivity index (χ1) is 11.1. The summed E-state index contributed by atoms with van der Waals surface area (Å²) in [5.74, 6) is -0.0116. The van der Waals surface area contributed by atoms with Crippen LogP contribution in [-0.4, -0.2) is 15.1 Å². The predicted octanol–water partition coefficient (Wildman–Crippen LogP) is 5.94. The van der Waals surface area contributed by atoms with E-state index in [1.54, 1.807) is 0 Å². The predicted molar refractivity (Wildman–Crippen MR) is 98.1 cm³/mol. The van der Waals surface area contributed by atoms with E-state index in [-0.39, 0.29) is 11.6 Å². The van der Waals surface area contributed by atoms with Gasteiger partial charge < -0.3 is 15.1 Å². The Bertz CT molecular complexity index is 1080. The maximum absolute atomic E-state index is 11.4. The van der Waals surface area contributed by atoms with Crippen molar-refractivity contribution in [3.05, 3.63) is 50.3 Å². The zero-order valence-electron chi connectivity index (χ0n) is 11.5. The van der Waals surface area contributed by atoms with Crippen molar-refractivity contribution < 1.29 is 5.11 Å². The van der Waals surface area contributed by atoms with Gasteiger partial charge in [-0.15, -0.1) is 4.91 Å². The van der Waals surface area contributed by atoms with Crippen molar-refractivity contribution in [2.24, 2.45) is 5.18 Å². The molecule has 0 spiro atoms. The lowest BCUT2D eigenvalue weighted by molar-refractivity contribution is 0.460. The highest BCUT2D eigenvalue weighted by Crippen LogP contribution is 2.45. The summed E-state index contributed by atoms with van der Waals surface area (Å²) in [5, 5.41) is 15.1. The van der Waals surface area contributed by atoms with Gasteiger partial charge in [0.2, 0.25) is 0 Å². The first-order valence-corrected chi connectivity index (χ1v) is 8.33. The Morgan fingerprint density at radius 2 is 1.87 bits per heavy atom. The van der Waals surface area contributed by atoms with Crippen molar-refractivity contribution in [1.82, 2.24) is 9.97 Å². The molecule has 0 amide bonds. The Balaban J connectivity index is 2.12. The van der Waals surface area contributed by atoms with Crippen LogP contribution in [0.3, 0.4) is 0 Å². The second-order valence-corrected chi connectivity index (χ2v) is 6.91. The molecule has 23 heavy (non-hydrogen) atoms.